The van der Waals surface area contributed by atoms with Crippen molar-refractivity contribution in [3.8, 4) is 16.2 Å². The van der Waals surface area contributed by atoms with Crippen molar-refractivity contribution in [3.63, 3.8) is 0 Å². The van der Waals surface area contributed by atoms with Crippen LogP contribution in [0.5, 0.6) is 5.75 Å². The van der Waals surface area contributed by atoms with E-state index in [1.54, 1.807) is 18.4 Å². The van der Waals surface area contributed by atoms with Crippen LogP contribution in [0, 0.1) is 13.8 Å². The van der Waals surface area contributed by atoms with Crippen LogP contribution < -0.4 is 10.1 Å². The first-order valence-electron chi connectivity index (χ1n) is 5.90. The Morgan fingerprint density at radius 3 is 2.50 bits per heavy atom. The highest BCUT2D eigenvalue weighted by atomic mass is 32.1. The van der Waals surface area contributed by atoms with Gasteiger partial charge in [-0.2, -0.15) is 0 Å². The third-order valence-corrected chi connectivity index (χ3v) is 3.88. The minimum absolute atomic E-state index is 0.818. The number of hydrogen-bond donors (Lipinski definition) is 1. The van der Waals surface area contributed by atoms with Crippen LogP contribution in [-0.2, 0) is 6.54 Å². The largest absolute Gasteiger partial charge is 0.496 e. The molecule has 1 aromatic carbocycles. The van der Waals surface area contributed by atoms with Crippen LogP contribution in [0.25, 0.3) is 10.4 Å². The van der Waals surface area contributed by atoms with E-state index < -0.39 is 0 Å². The average molecular weight is 262 g/mol. The van der Waals surface area contributed by atoms with E-state index in [1.165, 1.54) is 10.4 Å². The Hall–Kier alpha value is -1.39. The highest BCUT2D eigenvalue weighted by Gasteiger charge is 2.09. The van der Waals surface area contributed by atoms with Crippen molar-refractivity contribution in [1.29, 1.82) is 0 Å². The van der Waals surface area contributed by atoms with E-state index in [0.717, 1.165) is 28.4 Å². The van der Waals surface area contributed by atoms with Gasteiger partial charge in [-0.15, -0.1) is 11.3 Å². The monoisotopic (exact) mass is 262 g/mol. The molecule has 0 saturated heterocycles. The average Bonchev–Trinajstić information content (AvgIpc) is 2.78. The number of nitrogens with one attached hydrogen (secondary N) is 1. The maximum Gasteiger partial charge on any atom is 0.124 e. The van der Waals surface area contributed by atoms with Gasteiger partial charge in [-0.3, -0.25) is 0 Å². The summed E-state index contributed by atoms with van der Waals surface area (Å²) in [5.41, 5.74) is 3.54. The molecule has 2 rings (SSSR count). The summed E-state index contributed by atoms with van der Waals surface area (Å²) < 4.78 is 5.39. The molecule has 18 heavy (non-hydrogen) atoms. The molecule has 1 N–H and O–H groups in total. The van der Waals surface area contributed by atoms with Crippen LogP contribution in [0.4, 0.5) is 0 Å². The summed E-state index contributed by atoms with van der Waals surface area (Å²) in [6.45, 7) is 4.97. The molecule has 1 aromatic heterocycles. The molecule has 0 amide bonds. The Kier molecular flexibility index (Phi) is 3.99. The fourth-order valence-electron chi connectivity index (χ4n) is 2.09. The second kappa shape index (κ2) is 5.50. The lowest BCUT2D eigenvalue weighted by Crippen LogP contribution is -2.03. The lowest BCUT2D eigenvalue weighted by Gasteiger charge is -2.10. The third-order valence-electron chi connectivity index (χ3n) is 2.83. The van der Waals surface area contributed by atoms with E-state index >= 15 is 0 Å². The van der Waals surface area contributed by atoms with E-state index in [0.29, 0.717) is 0 Å². The molecule has 1 heterocycles. The highest BCUT2D eigenvalue weighted by molar-refractivity contribution is 7.15. The zero-order valence-electron chi connectivity index (χ0n) is 11.2. The van der Waals surface area contributed by atoms with Gasteiger partial charge in [-0.25, -0.2) is 4.98 Å². The van der Waals surface area contributed by atoms with Crippen molar-refractivity contribution >= 4 is 11.3 Å². The molecule has 0 fully saturated rings. The number of aromatic nitrogens is 1. The van der Waals surface area contributed by atoms with Crippen molar-refractivity contribution < 1.29 is 4.74 Å². The minimum Gasteiger partial charge on any atom is -0.496 e. The fraction of sp³-hybridized carbons (Fsp3) is 0.357. The quantitative estimate of drug-likeness (QED) is 0.919. The van der Waals surface area contributed by atoms with Crippen LogP contribution in [0.2, 0.25) is 0 Å². The molecule has 0 atom stereocenters. The number of thiazole rings is 1. The SMILES string of the molecule is CNCc1ncc(-c2cc(C)c(OC)c(C)c2)s1. The van der Waals surface area contributed by atoms with E-state index in [4.69, 9.17) is 4.74 Å². The van der Waals surface area contributed by atoms with Gasteiger partial charge in [0.1, 0.15) is 10.8 Å². The van der Waals surface area contributed by atoms with Gasteiger partial charge < -0.3 is 10.1 Å². The molecule has 0 aliphatic rings. The zero-order chi connectivity index (χ0) is 13.1. The number of rotatable bonds is 4. The summed E-state index contributed by atoms with van der Waals surface area (Å²) in [4.78, 5) is 5.61. The summed E-state index contributed by atoms with van der Waals surface area (Å²) in [5, 5.41) is 4.23. The lowest BCUT2D eigenvalue weighted by atomic mass is 10.1. The van der Waals surface area contributed by atoms with Gasteiger partial charge in [-0.1, -0.05) is 0 Å². The molecule has 2 aromatic rings. The fourth-order valence-corrected chi connectivity index (χ4v) is 3.01. The molecule has 0 aliphatic heterocycles. The molecule has 0 saturated carbocycles. The topological polar surface area (TPSA) is 34.2 Å². The van der Waals surface area contributed by atoms with Crippen LogP contribution in [0.15, 0.2) is 18.3 Å². The van der Waals surface area contributed by atoms with Crippen LogP contribution in [0.1, 0.15) is 16.1 Å². The van der Waals surface area contributed by atoms with Gasteiger partial charge in [-0.05, 0) is 49.7 Å². The van der Waals surface area contributed by atoms with Gasteiger partial charge >= 0.3 is 0 Å². The molecule has 0 unspecified atom stereocenters. The third kappa shape index (κ3) is 2.54. The number of nitrogens with zero attached hydrogens (tertiary/aromatic N) is 1. The Labute approximate surface area is 112 Å². The minimum atomic E-state index is 0.818. The maximum atomic E-state index is 5.39. The molecule has 3 nitrogen and oxygen atoms in total. The smallest absolute Gasteiger partial charge is 0.124 e. The Bertz CT molecular complexity index is 525. The molecular weight excluding hydrogens is 244 g/mol. The summed E-state index contributed by atoms with van der Waals surface area (Å²) in [6, 6.07) is 4.31. The first-order valence-corrected chi connectivity index (χ1v) is 6.72. The summed E-state index contributed by atoms with van der Waals surface area (Å²) >= 11 is 1.73. The van der Waals surface area contributed by atoms with Gasteiger partial charge in [0.05, 0.1) is 12.0 Å². The number of hydrogen-bond acceptors (Lipinski definition) is 4. The standard InChI is InChI=1S/C14H18N2OS/c1-9-5-11(6-10(2)14(9)17-4)12-7-16-13(18-12)8-15-3/h5-7,15H,8H2,1-4H3. The summed E-state index contributed by atoms with van der Waals surface area (Å²) in [6.07, 6.45) is 1.94. The number of aryl methyl sites for hydroxylation is 2. The van der Waals surface area contributed by atoms with Crippen molar-refractivity contribution in [2.24, 2.45) is 0 Å². The van der Waals surface area contributed by atoms with Crippen molar-refractivity contribution in [2.75, 3.05) is 14.2 Å². The number of methoxy groups -OCH3 is 1. The normalized spacial score (nSPS) is 10.7. The second-order valence-electron chi connectivity index (χ2n) is 4.29. The van der Waals surface area contributed by atoms with E-state index in [-0.39, 0.29) is 0 Å². The van der Waals surface area contributed by atoms with Crippen molar-refractivity contribution in [1.82, 2.24) is 10.3 Å². The predicted molar refractivity (Wildman–Crippen MR) is 76.3 cm³/mol. The summed E-state index contributed by atoms with van der Waals surface area (Å²) in [5.74, 6) is 0.971. The Morgan fingerprint density at radius 1 is 1.28 bits per heavy atom. The highest BCUT2D eigenvalue weighted by Crippen LogP contribution is 2.32. The molecule has 4 heteroatoms. The molecule has 0 radical (unpaired) electrons. The van der Waals surface area contributed by atoms with Crippen LogP contribution in [0.3, 0.4) is 0 Å². The Balaban J connectivity index is 2.38. The lowest BCUT2D eigenvalue weighted by molar-refractivity contribution is 0.408. The Morgan fingerprint density at radius 2 is 1.94 bits per heavy atom. The van der Waals surface area contributed by atoms with E-state index in [9.17, 15) is 0 Å². The van der Waals surface area contributed by atoms with E-state index in [1.807, 2.05) is 13.2 Å². The van der Waals surface area contributed by atoms with Gasteiger partial charge in [0, 0.05) is 12.7 Å². The molecular formula is C14H18N2OS. The molecule has 96 valence electrons. The maximum absolute atomic E-state index is 5.39. The van der Waals surface area contributed by atoms with E-state index in [2.05, 4.69) is 36.3 Å². The second-order valence-corrected chi connectivity index (χ2v) is 5.41. The number of ether oxygens (including phenoxy) is 1. The van der Waals surface area contributed by atoms with Crippen molar-refractivity contribution in [2.45, 2.75) is 20.4 Å². The van der Waals surface area contributed by atoms with Crippen LogP contribution in [-0.4, -0.2) is 19.1 Å². The van der Waals surface area contributed by atoms with Gasteiger partial charge in [0.2, 0.25) is 0 Å². The molecule has 0 aliphatic carbocycles. The molecule has 0 bridgehead atoms. The first-order chi connectivity index (χ1) is 8.65. The van der Waals surface area contributed by atoms with Crippen molar-refractivity contribution in [3.05, 3.63) is 34.5 Å². The predicted octanol–water partition coefficient (Wildman–Crippen LogP) is 3.15. The van der Waals surface area contributed by atoms with Gasteiger partial charge in [0.15, 0.2) is 0 Å². The summed E-state index contributed by atoms with van der Waals surface area (Å²) in [7, 11) is 3.65. The first kappa shape index (κ1) is 13.1. The van der Waals surface area contributed by atoms with Gasteiger partial charge in [0.25, 0.3) is 0 Å². The number of benzene rings is 1. The molecule has 0 spiro atoms. The van der Waals surface area contributed by atoms with Crippen LogP contribution >= 0.6 is 11.3 Å². The zero-order valence-corrected chi connectivity index (χ0v) is 12.0.